The van der Waals surface area contributed by atoms with Gasteiger partial charge in [-0.3, -0.25) is 4.98 Å². The third kappa shape index (κ3) is 2.07. The highest BCUT2D eigenvalue weighted by molar-refractivity contribution is 7.11. The van der Waals surface area contributed by atoms with E-state index >= 15 is 0 Å². The number of pyridine rings is 1. The zero-order chi connectivity index (χ0) is 12.4. The number of anilines is 1. The first kappa shape index (κ1) is 11.2. The molecule has 1 unspecified atom stereocenters. The molecule has 1 atom stereocenters. The van der Waals surface area contributed by atoms with Gasteiger partial charge < -0.3 is 5.32 Å². The molecule has 0 amide bonds. The van der Waals surface area contributed by atoms with Crippen molar-refractivity contribution in [1.82, 2.24) is 9.36 Å². The number of nitrogens with one attached hydrogen (secondary N) is 1. The average Bonchev–Trinajstić information content (AvgIpc) is 2.83. The summed E-state index contributed by atoms with van der Waals surface area (Å²) in [5, 5.41) is 5.81. The van der Waals surface area contributed by atoms with Crippen LogP contribution in [-0.2, 0) is 0 Å². The summed E-state index contributed by atoms with van der Waals surface area (Å²) in [5.41, 5.74) is 2.27. The molecule has 3 aromatic rings. The highest BCUT2D eigenvalue weighted by atomic mass is 32.1. The van der Waals surface area contributed by atoms with Gasteiger partial charge in [-0.2, -0.15) is 4.37 Å². The summed E-state index contributed by atoms with van der Waals surface area (Å²) in [6, 6.07) is 12.5. The molecule has 0 aliphatic rings. The number of benzene rings is 1. The summed E-state index contributed by atoms with van der Waals surface area (Å²) in [6.07, 6.45) is 3.64. The second-order valence-corrected chi connectivity index (χ2v) is 4.95. The van der Waals surface area contributed by atoms with Crippen LogP contribution in [0.25, 0.3) is 10.9 Å². The topological polar surface area (TPSA) is 37.8 Å². The van der Waals surface area contributed by atoms with Crippen LogP contribution in [0, 0.1) is 0 Å². The van der Waals surface area contributed by atoms with E-state index in [1.54, 1.807) is 0 Å². The summed E-state index contributed by atoms with van der Waals surface area (Å²) >= 11 is 1.51. The maximum atomic E-state index is 4.43. The number of hydrogen-bond acceptors (Lipinski definition) is 4. The molecule has 0 saturated heterocycles. The van der Waals surface area contributed by atoms with Crippen molar-refractivity contribution in [3.8, 4) is 0 Å². The minimum absolute atomic E-state index is 0.247. The molecule has 0 saturated carbocycles. The lowest BCUT2D eigenvalue weighted by Crippen LogP contribution is -2.05. The Morgan fingerprint density at radius 1 is 1.11 bits per heavy atom. The lowest BCUT2D eigenvalue weighted by atomic mass is 10.1. The smallest absolute Gasteiger partial charge is 0.117 e. The minimum atomic E-state index is 0.247. The molecule has 3 nitrogen and oxygen atoms in total. The molecule has 2 aromatic heterocycles. The lowest BCUT2D eigenvalue weighted by molar-refractivity contribution is 0.887. The van der Waals surface area contributed by atoms with Crippen molar-refractivity contribution < 1.29 is 0 Å². The third-order valence-corrected chi connectivity index (χ3v) is 3.75. The Hall–Kier alpha value is -1.94. The molecule has 2 heterocycles. The van der Waals surface area contributed by atoms with E-state index in [0.717, 1.165) is 10.5 Å². The van der Waals surface area contributed by atoms with E-state index in [1.165, 1.54) is 22.5 Å². The number of rotatable bonds is 3. The third-order valence-electron chi connectivity index (χ3n) is 2.94. The van der Waals surface area contributed by atoms with E-state index < -0.39 is 0 Å². The molecule has 0 fully saturated rings. The zero-order valence-corrected chi connectivity index (χ0v) is 10.8. The normalized spacial score (nSPS) is 12.5. The van der Waals surface area contributed by atoms with E-state index in [1.807, 2.05) is 42.7 Å². The van der Waals surface area contributed by atoms with E-state index in [9.17, 15) is 0 Å². The number of nitrogens with zero attached hydrogens (tertiary/aromatic N) is 2. The fraction of sp³-hybridized carbons (Fsp3) is 0.143. The molecule has 0 spiro atoms. The molecule has 0 aliphatic heterocycles. The molecule has 0 radical (unpaired) electrons. The van der Waals surface area contributed by atoms with Crippen LogP contribution in [-0.4, -0.2) is 9.36 Å². The summed E-state index contributed by atoms with van der Waals surface area (Å²) in [4.78, 5) is 4.04. The molecule has 18 heavy (non-hydrogen) atoms. The van der Waals surface area contributed by atoms with Gasteiger partial charge in [-0.05, 0) is 48.3 Å². The van der Waals surface area contributed by atoms with Crippen LogP contribution in [0.15, 0.2) is 48.8 Å². The number of aromatic nitrogens is 2. The van der Waals surface area contributed by atoms with Gasteiger partial charge in [0.2, 0.25) is 0 Å². The Morgan fingerprint density at radius 3 is 2.72 bits per heavy atom. The van der Waals surface area contributed by atoms with E-state index in [-0.39, 0.29) is 6.04 Å². The first-order chi connectivity index (χ1) is 8.84. The van der Waals surface area contributed by atoms with Gasteiger partial charge in [-0.1, -0.05) is 12.1 Å². The van der Waals surface area contributed by atoms with Crippen molar-refractivity contribution in [3.63, 3.8) is 0 Å². The van der Waals surface area contributed by atoms with Gasteiger partial charge in [-0.25, -0.2) is 0 Å². The highest BCUT2D eigenvalue weighted by Gasteiger charge is 2.09. The SMILES string of the molecule is CC(Nc1snc2ccccc12)c1ccncc1. The van der Waals surface area contributed by atoms with Gasteiger partial charge in [0.05, 0.1) is 5.52 Å². The Morgan fingerprint density at radius 2 is 1.89 bits per heavy atom. The maximum Gasteiger partial charge on any atom is 0.117 e. The van der Waals surface area contributed by atoms with Gasteiger partial charge in [-0.15, -0.1) is 0 Å². The molecule has 0 aliphatic carbocycles. The van der Waals surface area contributed by atoms with Crippen molar-refractivity contribution in [2.75, 3.05) is 5.32 Å². The fourth-order valence-corrected chi connectivity index (χ4v) is 2.77. The van der Waals surface area contributed by atoms with Crippen LogP contribution < -0.4 is 5.32 Å². The Labute approximate surface area is 110 Å². The monoisotopic (exact) mass is 255 g/mol. The quantitative estimate of drug-likeness (QED) is 0.772. The van der Waals surface area contributed by atoms with Gasteiger partial charge in [0.15, 0.2) is 0 Å². The van der Waals surface area contributed by atoms with E-state index in [2.05, 4.69) is 27.7 Å². The first-order valence-electron chi connectivity index (χ1n) is 5.85. The summed E-state index contributed by atoms with van der Waals surface area (Å²) in [5.74, 6) is 0. The zero-order valence-electron chi connectivity index (χ0n) is 10.00. The van der Waals surface area contributed by atoms with Crippen LogP contribution in [0.4, 0.5) is 5.00 Å². The van der Waals surface area contributed by atoms with Crippen LogP contribution in [0.1, 0.15) is 18.5 Å². The standard InChI is InChI=1S/C14H13N3S/c1-10(11-6-8-15-9-7-11)16-14-12-4-2-3-5-13(12)17-18-14/h2-10,16H,1H3. The predicted octanol–water partition coefficient (Wildman–Crippen LogP) is 3.86. The van der Waals surface area contributed by atoms with Crippen molar-refractivity contribution in [2.45, 2.75) is 13.0 Å². The largest absolute Gasteiger partial charge is 0.369 e. The summed E-state index contributed by atoms with van der Waals surface area (Å²) in [6.45, 7) is 2.14. The number of fused-ring (bicyclic) bond motifs is 1. The average molecular weight is 255 g/mol. The molecular formula is C14H13N3S. The Kier molecular flexibility index (Phi) is 2.94. The van der Waals surface area contributed by atoms with E-state index in [4.69, 9.17) is 0 Å². The second-order valence-electron chi connectivity index (χ2n) is 4.18. The molecule has 4 heteroatoms. The van der Waals surface area contributed by atoms with Crippen LogP contribution >= 0.6 is 11.5 Å². The van der Waals surface area contributed by atoms with Crippen LogP contribution in [0.2, 0.25) is 0 Å². The molecule has 1 N–H and O–H groups in total. The maximum absolute atomic E-state index is 4.43. The molecule has 1 aromatic carbocycles. The molecule has 90 valence electrons. The molecule has 0 bridgehead atoms. The first-order valence-corrected chi connectivity index (χ1v) is 6.63. The highest BCUT2D eigenvalue weighted by Crippen LogP contribution is 2.30. The van der Waals surface area contributed by atoms with Crippen molar-refractivity contribution in [1.29, 1.82) is 0 Å². The van der Waals surface area contributed by atoms with Crippen molar-refractivity contribution >= 4 is 27.4 Å². The predicted molar refractivity (Wildman–Crippen MR) is 75.9 cm³/mol. The minimum Gasteiger partial charge on any atom is -0.369 e. The number of hydrogen-bond donors (Lipinski definition) is 1. The Bertz CT molecular complexity index is 648. The van der Waals surface area contributed by atoms with Crippen molar-refractivity contribution in [3.05, 3.63) is 54.4 Å². The second kappa shape index (κ2) is 4.74. The van der Waals surface area contributed by atoms with Gasteiger partial charge in [0.1, 0.15) is 5.00 Å². The molecular weight excluding hydrogens is 242 g/mol. The van der Waals surface area contributed by atoms with Crippen LogP contribution in [0.5, 0.6) is 0 Å². The van der Waals surface area contributed by atoms with Gasteiger partial charge in [0.25, 0.3) is 0 Å². The van der Waals surface area contributed by atoms with Crippen molar-refractivity contribution in [2.24, 2.45) is 0 Å². The Balaban J connectivity index is 1.89. The lowest BCUT2D eigenvalue weighted by Gasteiger charge is -2.13. The van der Waals surface area contributed by atoms with Crippen LogP contribution in [0.3, 0.4) is 0 Å². The molecule has 3 rings (SSSR count). The fourth-order valence-electron chi connectivity index (χ4n) is 1.93. The summed E-state index contributed by atoms with van der Waals surface area (Å²) < 4.78 is 4.43. The van der Waals surface area contributed by atoms with Gasteiger partial charge >= 0.3 is 0 Å². The van der Waals surface area contributed by atoms with Gasteiger partial charge in [0, 0.05) is 23.8 Å². The summed E-state index contributed by atoms with van der Waals surface area (Å²) in [7, 11) is 0. The van der Waals surface area contributed by atoms with E-state index in [0.29, 0.717) is 0 Å².